The Morgan fingerprint density at radius 3 is 2.68 bits per heavy atom. The smallest absolute Gasteiger partial charge is 0.234 e. The predicted molar refractivity (Wildman–Crippen MR) is 113 cm³/mol. The second kappa shape index (κ2) is 8.37. The lowest BCUT2D eigenvalue weighted by atomic mass is 10.3. The lowest BCUT2D eigenvalue weighted by molar-refractivity contribution is -0.113. The van der Waals surface area contributed by atoms with Crippen LogP contribution in [-0.4, -0.2) is 21.6 Å². The number of hydrogen-bond donors (Lipinski definition) is 2. The first-order chi connectivity index (χ1) is 13.7. The first kappa shape index (κ1) is 18.4. The number of imidazole rings is 1. The second-order valence-corrected chi connectivity index (χ2v) is 7.35. The normalized spacial score (nSPS) is 10.8. The molecule has 0 radical (unpaired) electrons. The van der Waals surface area contributed by atoms with Crippen LogP contribution in [-0.2, 0) is 4.79 Å². The fraction of sp³-hybridized carbons (Fsp3) is 0.0476. The molecule has 0 saturated carbocycles. The molecule has 5 nitrogen and oxygen atoms in total. The maximum absolute atomic E-state index is 12.4. The monoisotopic (exact) mass is 409 g/mol. The summed E-state index contributed by atoms with van der Waals surface area (Å²) >= 11 is 7.43. The number of halogens is 1. The van der Waals surface area contributed by atoms with Crippen LogP contribution in [0.25, 0.3) is 11.0 Å². The summed E-state index contributed by atoms with van der Waals surface area (Å²) in [5.41, 5.74) is 2.34. The molecule has 0 unspecified atom stereocenters. The number of aromatic amines is 1. The number of para-hydroxylation sites is 3. The van der Waals surface area contributed by atoms with E-state index < -0.39 is 0 Å². The quantitative estimate of drug-likeness (QED) is 0.398. The van der Waals surface area contributed by atoms with Gasteiger partial charge < -0.3 is 15.0 Å². The van der Waals surface area contributed by atoms with Crippen molar-refractivity contribution in [1.29, 1.82) is 0 Å². The van der Waals surface area contributed by atoms with Crippen LogP contribution in [0.15, 0.2) is 78.0 Å². The summed E-state index contributed by atoms with van der Waals surface area (Å²) in [6.45, 7) is 0. The number of rotatable bonds is 6. The third-order valence-corrected chi connectivity index (χ3v) is 5.00. The van der Waals surface area contributed by atoms with E-state index in [9.17, 15) is 4.79 Å². The van der Waals surface area contributed by atoms with Gasteiger partial charge in [-0.1, -0.05) is 53.7 Å². The largest absolute Gasteiger partial charge is 0.455 e. The molecule has 0 spiro atoms. The first-order valence-corrected chi connectivity index (χ1v) is 9.93. The summed E-state index contributed by atoms with van der Waals surface area (Å²) in [6.07, 6.45) is 0. The molecular formula is C21H16ClN3O2S. The zero-order valence-electron chi connectivity index (χ0n) is 14.7. The van der Waals surface area contributed by atoms with Gasteiger partial charge in [0.2, 0.25) is 5.91 Å². The summed E-state index contributed by atoms with van der Waals surface area (Å²) in [7, 11) is 0. The zero-order valence-corrected chi connectivity index (χ0v) is 16.3. The van der Waals surface area contributed by atoms with Gasteiger partial charge in [0.25, 0.3) is 0 Å². The molecule has 2 N–H and O–H groups in total. The Kier molecular flexibility index (Phi) is 5.50. The van der Waals surface area contributed by atoms with E-state index in [1.54, 1.807) is 18.2 Å². The van der Waals surface area contributed by atoms with Gasteiger partial charge in [0, 0.05) is 5.02 Å². The number of thioether (sulfide) groups is 1. The van der Waals surface area contributed by atoms with Crippen LogP contribution >= 0.6 is 23.4 Å². The summed E-state index contributed by atoms with van der Waals surface area (Å²) < 4.78 is 5.87. The van der Waals surface area contributed by atoms with Crippen LogP contribution in [0, 0.1) is 0 Å². The minimum Gasteiger partial charge on any atom is -0.455 e. The molecule has 1 amide bonds. The SMILES string of the molecule is O=C(CSc1nc2ccccc2[nH]1)Nc1cc(Cl)ccc1Oc1ccccc1. The van der Waals surface area contributed by atoms with Gasteiger partial charge in [-0.15, -0.1) is 0 Å². The highest BCUT2D eigenvalue weighted by molar-refractivity contribution is 7.99. The van der Waals surface area contributed by atoms with Crippen molar-refractivity contribution in [2.75, 3.05) is 11.1 Å². The van der Waals surface area contributed by atoms with Crippen molar-refractivity contribution in [2.45, 2.75) is 5.16 Å². The van der Waals surface area contributed by atoms with E-state index in [1.165, 1.54) is 11.8 Å². The van der Waals surface area contributed by atoms with Gasteiger partial charge in [-0.3, -0.25) is 4.79 Å². The van der Waals surface area contributed by atoms with Crippen molar-refractivity contribution < 1.29 is 9.53 Å². The number of nitrogens with zero attached hydrogens (tertiary/aromatic N) is 1. The average Bonchev–Trinajstić information content (AvgIpc) is 3.12. The van der Waals surface area contributed by atoms with Gasteiger partial charge in [0.1, 0.15) is 5.75 Å². The summed E-state index contributed by atoms with van der Waals surface area (Å²) in [6, 6.07) is 22.2. The highest BCUT2D eigenvalue weighted by atomic mass is 35.5. The van der Waals surface area contributed by atoms with E-state index in [1.807, 2.05) is 54.6 Å². The van der Waals surface area contributed by atoms with Crippen molar-refractivity contribution in [3.8, 4) is 11.5 Å². The number of ether oxygens (including phenoxy) is 1. The Morgan fingerprint density at radius 2 is 1.86 bits per heavy atom. The van der Waals surface area contributed by atoms with Gasteiger partial charge in [-0.05, 0) is 42.5 Å². The van der Waals surface area contributed by atoms with Crippen LogP contribution < -0.4 is 10.1 Å². The Morgan fingerprint density at radius 1 is 1.07 bits per heavy atom. The topological polar surface area (TPSA) is 67.0 Å². The molecule has 0 saturated heterocycles. The van der Waals surface area contributed by atoms with E-state index in [0.29, 0.717) is 27.4 Å². The molecule has 4 aromatic rings. The minimum atomic E-state index is -0.175. The number of carbonyl (C=O) groups excluding carboxylic acids is 1. The molecule has 28 heavy (non-hydrogen) atoms. The van der Waals surface area contributed by atoms with Crippen molar-refractivity contribution in [1.82, 2.24) is 9.97 Å². The van der Waals surface area contributed by atoms with Gasteiger partial charge >= 0.3 is 0 Å². The number of fused-ring (bicyclic) bond motifs is 1. The maximum Gasteiger partial charge on any atom is 0.234 e. The Balaban J connectivity index is 1.44. The Labute approximate surface area is 171 Å². The highest BCUT2D eigenvalue weighted by Gasteiger charge is 2.12. The molecule has 140 valence electrons. The molecule has 0 bridgehead atoms. The molecule has 0 fully saturated rings. The van der Waals surface area contributed by atoms with Gasteiger partial charge in [0.15, 0.2) is 10.9 Å². The molecule has 0 atom stereocenters. The van der Waals surface area contributed by atoms with Crippen LogP contribution in [0.2, 0.25) is 5.02 Å². The fourth-order valence-corrected chi connectivity index (χ4v) is 3.48. The fourth-order valence-electron chi connectivity index (χ4n) is 2.62. The number of hydrogen-bond acceptors (Lipinski definition) is 4. The Hall–Kier alpha value is -2.96. The molecule has 1 heterocycles. The van der Waals surface area contributed by atoms with Gasteiger partial charge in [-0.25, -0.2) is 4.98 Å². The standard InChI is InChI=1S/C21H16ClN3O2S/c22-14-10-11-19(27-15-6-2-1-3-7-15)18(12-14)23-20(26)13-28-21-24-16-8-4-5-9-17(16)25-21/h1-12H,13H2,(H,23,26)(H,24,25). The number of H-pyrrole nitrogens is 1. The second-order valence-electron chi connectivity index (χ2n) is 5.95. The van der Waals surface area contributed by atoms with E-state index >= 15 is 0 Å². The maximum atomic E-state index is 12.4. The van der Waals surface area contributed by atoms with Crippen LogP contribution in [0.5, 0.6) is 11.5 Å². The number of carbonyl (C=O) groups is 1. The summed E-state index contributed by atoms with van der Waals surface area (Å²) in [5.74, 6) is 1.23. The molecule has 3 aromatic carbocycles. The third kappa shape index (κ3) is 4.47. The number of benzene rings is 3. The molecule has 0 aliphatic carbocycles. The predicted octanol–water partition coefficient (Wildman–Crippen LogP) is 5.74. The van der Waals surface area contributed by atoms with Gasteiger partial charge in [-0.2, -0.15) is 0 Å². The van der Waals surface area contributed by atoms with Crippen LogP contribution in [0.3, 0.4) is 0 Å². The molecule has 7 heteroatoms. The number of amides is 1. The van der Waals surface area contributed by atoms with Crippen molar-refractivity contribution in [3.63, 3.8) is 0 Å². The third-order valence-electron chi connectivity index (χ3n) is 3.89. The molecular weight excluding hydrogens is 394 g/mol. The first-order valence-electron chi connectivity index (χ1n) is 8.57. The highest BCUT2D eigenvalue weighted by Crippen LogP contribution is 2.32. The lowest BCUT2D eigenvalue weighted by Gasteiger charge is -2.12. The lowest BCUT2D eigenvalue weighted by Crippen LogP contribution is -2.14. The Bertz CT molecular complexity index is 1080. The number of nitrogens with one attached hydrogen (secondary N) is 2. The van der Waals surface area contributed by atoms with E-state index in [4.69, 9.17) is 16.3 Å². The summed E-state index contributed by atoms with van der Waals surface area (Å²) in [4.78, 5) is 20.1. The molecule has 1 aromatic heterocycles. The van der Waals surface area contributed by atoms with Crippen LogP contribution in [0.4, 0.5) is 5.69 Å². The van der Waals surface area contributed by atoms with Gasteiger partial charge in [0.05, 0.1) is 22.5 Å². The van der Waals surface area contributed by atoms with E-state index in [2.05, 4.69) is 15.3 Å². The summed E-state index contributed by atoms with van der Waals surface area (Å²) in [5, 5.41) is 4.08. The number of aromatic nitrogens is 2. The zero-order chi connectivity index (χ0) is 19.3. The number of anilines is 1. The van der Waals surface area contributed by atoms with Crippen molar-refractivity contribution in [3.05, 3.63) is 77.8 Å². The molecule has 0 aliphatic rings. The van der Waals surface area contributed by atoms with Crippen molar-refractivity contribution >= 4 is 46.0 Å². The van der Waals surface area contributed by atoms with Crippen LogP contribution in [0.1, 0.15) is 0 Å². The molecule has 0 aliphatic heterocycles. The molecule has 4 rings (SSSR count). The average molecular weight is 410 g/mol. The van der Waals surface area contributed by atoms with Crippen molar-refractivity contribution in [2.24, 2.45) is 0 Å². The van der Waals surface area contributed by atoms with E-state index in [0.717, 1.165) is 11.0 Å². The van der Waals surface area contributed by atoms with E-state index in [-0.39, 0.29) is 11.7 Å². The minimum absolute atomic E-state index is 0.175.